The number of anilines is 2. The Bertz CT molecular complexity index is 682. The molecule has 2 rings (SSSR count). The summed E-state index contributed by atoms with van der Waals surface area (Å²) < 4.78 is 18.8. The van der Waals surface area contributed by atoms with Crippen LogP contribution in [0.5, 0.6) is 5.75 Å². The van der Waals surface area contributed by atoms with Crippen molar-refractivity contribution in [1.82, 2.24) is 0 Å². The topological polar surface area (TPSA) is 33.3 Å². The minimum atomic E-state index is -0.457. The highest BCUT2D eigenvalue weighted by Crippen LogP contribution is 2.28. The first-order valence-corrected chi connectivity index (χ1v) is 7.02. The zero-order valence-electron chi connectivity index (χ0n) is 10.9. The Labute approximate surface area is 137 Å². The van der Waals surface area contributed by atoms with Crippen molar-refractivity contribution in [2.45, 2.75) is 0 Å². The van der Waals surface area contributed by atoms with Gasteiger partial charge in [-0.2, -0.15) is 0 Å². The first kappa shape index (κ1) is 15.8. The quantitative estimate of drug-likeness (QED) is 0.771. The van der Waals surface area contributed by atoms with Gasteiger partial charge in [-0.15, -0.1) is 0 Å². The molecule has 0 saturated heterocycles. The molecule has 0 heterocycles. The summed E-state index contributed by atoms with van der Waals surface area (Å²) >= 11 is 16.9. The van der Waals surface area contributed by atoms with Crippen molar-refractivity contribution in [2.24, 2.45) is 0 Å². The van der Waals surface area contributed by atoms with Gasteiger partial charge >= 0.3 is 0 Å². The van der Waals surface area contributed by atoms with Crippen molar-refractivity contribution in [2.75, 3.05) is 17.7 Å². The summed E-state index contributed by atoms with van der Waals surface area (Å²) in [6, 6.07) is 9.21. The van der Waals surface area contributed by atoms with E-state index >= 15 is 0 Å². The Morgan fingerprint density at radius 1 is 1.05 bits per heavy atom. The summed E-state index contributed by atoms with van der Waals surface area (Å²) in [6.07, 6.45) is 0. The summed E-state index contributed by atoms with van der Waals surface area (Å²) in [7, 11) is 1.53. The average molecular weight is 345 g/mol. The van der Waals surface area contributed by atoms with E-state index in [1.807, 2.05) is 0 Å². The molecule has 0 aliphatic heterocycles. The van der Waals surface area contributed by atoms with Crippen LogP contribution in [0.25, 0.3) is 0 Å². The zero-order valence-corrected chi connectivity index (χ0v) is 13.2. The second-order valence-corrected chi connectivity index (χ2v) is 5.33. The molecule has 21 heavy (non-hydrogen) atoms. The Morgan fingerprint density at radius 3 is 2.29 bits per heavy atom. The predicted octanol–water partition coefficient (Wildman–Crippen LogP) is 4.95. The van der Waals surface area contributed by atoms with Gasteiger partial charge in [-0.25, -0.2) is 4.39 Å². The van der Waals surface area contributed by atoms with Gasteiger partial charge in [0.05, 0.1) is 18.5 Å². The molecule has 0 bridgehead atoms. The highest BCUT2D eigenvalue weighted by molar-refractivity contribution is 7.80. The second-order valence-electron chi connectivity index (χ2n) is 4.05. The lowest BCUT2D eigenvalue weighted by Gasteiger charge is -2.14. The number of halogens is 3. The van der Waals surface area contributed by atoms with E-state index in [1.165, 1.54) is 25.3 Å². The number of methoxy groups -OCH3 is 1. The zero-order chi connectivity index (χ0) is 15.4. The van der Waals surface area contributed by atoms with Crippen LogP contribution in [0.4, 0.5) is 15.8 Å². The van der Waals surface area contributed by atoms with E-state index in [9.17, 15) is 4.39 Å². The molecule has 0 radical (unpaired) electrons. The molecule has 2 aromatic carbocycles. The van der Waals surface area contributed by atoms with E-state index in [4.69, 9.17) is 40.2 Å². The smallest absolute Gasteiger partial charge is 0.175 e. The minimum Gasteiger partial charge on any atom is -0.495 e. The number of hydrogen-bond acceptors (Lipinski definition) is 2. The maximum Gasteiger partial charge on any atom is 0.175 e. The predicted molar refractivity (Wildman–Crippen MR) is 89.3 cm³/mol. The van der Waals surface area contributed by atoms with Crippen molar-refractivity contribution in [3.8, 4) is 5.75 Å². The molecule has 2 aromatic rings. The largest absolute Gasteiger partial charge is 0.495 e. The van der Waals surface area contributed by atoms with Crippen LogP contribution in [0.1, 0.15) is 0 Å². The Hall–Kier alpha value is -1.56. The molecule has 2 N–H and O–H groups in total. The average Bonchev–Trinajstić information content (AvgIpc) is 2.43. The Morgan fingerprint density at radius 2 is 1.62 bits per heavy atom. The summed E-state index contributed by atoms with van der Waals surface area (Å²) in [4.78, 5) is 0. The molecule has 0 amide bonds. The van der Waals surface area contributed by atoms with Crippen LogP contribution < -0.4 is 15.4 Å². The molecule has 0 aliphatic carbocycles. The van der Waals surface area contributed by atoms with E-state index in [0.717, 1.165) is 0 Å². The highest BCUT2D eigenvalue weighted by Gasteiger charge is 2.08. The van der Waals surface area contributed by atoms with Crippen molar-refractivity contribution < 1.29 is 9.13 Å². The maximum atomic E-state index is 13.6. The van der Waals surface area contributed by atoms with Crippen LogP contribution in [-0.2, 0) is 0 Å². The lowest BCUT2D eigenvalue weighted by atomic mass is 10.3. The highest BCUT2D eigenvalue weighted by atomic mass is 35.5. The van der Waals surface area contributed by atoms with Crippen LogP contribution in [-0.4, -0.2) is 12.2 Å². The fourth-order valence-electron chi connectivity index (χ4n) is 1.65. The number of benzene rings is 2. The maximum absolute atomic E-state index is 13.6. The third kappa shape index (κ3) is 4.20. The monoisotopic (exact) mass is 344 g/mol. The van der Waals surface area contributed by atoms with E-state index in [2.05, 4.69) is 10.6 Å². The van der Waals surface area contributed by atoms with Crippen LogP contribution in [0.15, 0.2) is 36.4 Å². The lowest BCUT2D eigenvalue weighted by Crippen LogP contribution is -2.20. The molecule has 0 unspecified atom stereocenters. The Balaban J connectivity index is 2.15. The summed E-state index contributed by atoms with van der Waals surface area (Å²) in [6.45, 7) is 0. The number of rotatable bonds is 3. The summed E-state index contributed by atoms with van der Waals surface area (Å²) in [5.74, 6) is 0.108. The SMILES string of the molecule is COc1ccc(Cl)cc1NC(=S)Nc1cc(Cl)ccc1F. The van der Waals surface area contributed by atoms with Crippen LogP contribution in [0.2, 0.25) is 10.0 Å². The molecular formula is C14H11Cl2FN2OS. The third-order valence-corrected chi connectivity index (χ3v) is 3.26. The molecule has 3 nitrogen and oxygen atoms in total. The standard InChI is InChI=1S/C14H11Cl2FN2OS/c1-20-13-5-3-9(16)7-12(13)19-14(21)18-11-6-8(15)2-4-10(11)17/h2-7H,1H3,(H2,18,19,21). The van der Waals surface area contributed by atoms with Crippen molar-refractivity contribution in [1.29, 1.82) is 0 Å². The Kier molecular flexibility index (Phi) is 5.22. The van der Waals surface area contributed by atoms with Gasteiger partial charge in [0, 0.05) is 10.0 Å². The van der Waals surface area contributed by atoms with Gasteiger partial charge in [-0.1, -0.05) is 23.2 Å². The number of ether oxygens (including phenoxy) is 1. The summed E-state index contributed by atoms with van der Waals surface area (Å²) in [5, 5.41) is 6.75. The van der Waals surface area contributed by atoms with Crippen molar-refractivity contribution in [3.63, 3.8) is 0 Å². The van der Waals surface area contributed by atoms with E-state index < -0.39 is 5.82 Å². The molecule has 7 heteroatoms. The molecule has 0 fully saturated rings. The van der Waals surface area contributed by atoms with E-state index in [1.54, 1.807) is 18.2 Å². The van der Waals surface area contributed by atoms with Gasteiger partial charge < -0.3 is 15.4 Å². The molecule has 0 spiro atoms. The first-order valence-electron chi connectivity index (χ1n) is 5.86. The van der Waals surface area contributed by atoms with Gasteiger partial charge in [0.25, 0.3) is 0 Å². The lowest BCUT2D eigenvalue weighted by molar-refractivity contribution is 0.417. The molecule has 0 aliphatic rings. The van der Waals surface area contributed by atoms with Crippen molar-refractivity contribution in [3.05, 3.63) is 52.3 Å². The molecule has 0 aromatic heterocycles. The number of nitrogens with one attached hydrogen (secondary N) is 2. The molecule has 0 atom stereocenters. The van der Waals surface area contributed by atoms with Gasteiger partial charge in [0.1, 0.15) is 11.6 Å². The van der Waals surface area contributed by atoms with Crippen molar-refractivity contribution >= 4 is 51.9 Å². The van der Waals surface area contributed by atoms with Crippen LogP contribution in [0.3, 0.4) is 0 Å². The van der Waals surface area contributed by atoms with Gasteiger partial charge in [-0.3, -0.25) is 0 Å². The fraction of sp³-hybridized carbons (Fsp3) is 0.0714. The normalized spacial score (nSPS) is 10.1. The number of thiocarbonyl (C=S) groups is 1. The van der Waals surface area contributed by atoms with Gasteiger partial charge in [-0.05, 0) is 48.6 Å². The van der Waals surface area contributed by atoms with Gasteiger partial charge in [0.2, 0.25) is 0 Å². The molecular weight excluding hydrogens is 334 g/mol. The van der Waals surface area contributed by atoms with E-state index in [0.29, 0.717) is 21.5 Å². The van der Waals surface area contributed by atoms with E-state index in [-0.39, 0.29) is 10.8 Å². The van der Waals surface area contributed by atoms with Crippen LogP contribution in [0, 0.1) is 5.82 Å². The number of hydrogen-bond donors (Lipinski definition) is 2. The molecule has 0 saturated carbocycles. The minimum absolute atomic E-state index is 0.181. The first-order chi connectivity index (χ1) is 9.99. The second kappa shape index (κ2) is 6.93. The van der Waals surface area contributed by atoms with Crippen LogP contribution >= 0.6 is 35.4 Å². The third-order valence-electron chi connectivity index (χ3n) is 2.59. The fourth-order valence-corrected chi connectivity index (χ4v) is 2.21. The van der Waals surface area contributed by atoms with Gasteiger partial charge in [0.15, 0.2) is 5.11 Å². The molecule has 110 valence electrons. The summed E-state index contributed by atoms with van der Waals surface area (Å²) in [5.41, 5.74) is 0.755.